The molecule has 0 aliphatic rings. The van der Waals surface area contributed by atoms with Crippen LogP contribution in [0.15, 0.2) is 42.5 Å². The maximum absolute atomic E-state index is 5.29. The normalized spacial score (nSPS) is 9.52. The molecule has 0 aliphatic heterocycles. The second-order valence-electron chi connectivity index (χ2n) is 4.50. The first-order chi connectivity index (χ1) is 10.2. The molecule has 0 N–H and O–H groups in total. The van der Waals surface area contributed by atoms with Gasteiger partial charge in [-0.3, -0.25) is 0 Å². The second-order valence-corrected chi connectivity index (χ2v) is 4.50. The summed E-state index contributed by atoms with van der Waals surface area (Å²) >= 11 is 0. The van der Waals surface area contributed by atoms with Gasteiger partial charge in [-0.1, -0.05) is 25.1 Å². The molecule has 0 radical (unpaired) electrons. The third-order valence-corrected chi connectivity index (χ3v) is 2.74. The molecular formula is C18H25NO2. The first-order valence-electron chi connectivity index (χ1n) is 7.47. The summed E-state index contributed by atoms with van der Waals surface area (Å²) in [6.07, 6.45) is 0.959. The highest BCUT2D eigenvalue weighted by molar-refractivity contribution is 5.27. The molecule has 1 heterocycles. The number of hydrogen-bond acceptors (Lipinski definition) is 3. The van der Waals surface area contributed by atoms with Gasteiger partial charge in [0.1, 0.15) is 5.75 Å². The molecular weight excluding hydrogens is 262 g/mol. The summed E-state index contributed by atoms with van der Waals surface area (Å²) in [6.45, 7) is 9.51. The van der Waals surface area contributed by atoms with Crippen LogP contribution < -0.4 is 9.47 Å². The summed E-state index contributed by atoms with van der Waals surface area (Å²) < 4.78 is 10.5. The molecule has 0 unspecified atom stereocenters. The predicted molar refractivity (Wildman–Crippen MR) is 87.1 cm³/mol. The van der Waals surface area contributed by atoms with Crippen LogP contribution in [0.2, 0.25) is 0 Å². The Morgan fingerprint density at radius 3 is 2.24 bits per heavy atom. The van der Waals surface area contributed by atoms with E-state index in [-0.39, 0.29) is 0 Å². The van der Waals surface area contributed by atoms with Crippen LogP contribution in [0, 0.1) is 6.92 Å². The molecule has 0 aliphatic carbocycles. The van der Waals surface area contributed by atoms with E-state index >= 15 is 0 Å². The number of ether oxygens (including phenoxy) is 2. The molecule has 0 atom stereocenters. The minimum Gasteiger partial charge on any atom is -0.494 e. The van der Waals surface area contributed by atoms with Crippen LogP contribution in [0.25, 0.3) is 0 Å². The van der Waals surface area contributed by atoms with Gasteiger partial charge in [0.2, 0.25) is 5.88 Å². The van der Waals surface area contributed by atoms with Gasteiger partial charge in [-0.15, -0.1) is 0 Å². The Labute approximate surface area is 127 Å². The monoisotopic (exact) mass is 287 g/mol. The molecule has 0 saturated carbocycles. The van der Waals surface area contributed by atoms with Crippen molar-refractivity contribution in [3.63, 3.8) is 0 Å². The number of aromatic nitrogens is 1. The van der Waals surface area contributed by atoms with Gasteiger partial charge in [-0.2, -0.15) is 0 Å². The summed E-state index contributed by atoms with van der Waals surface area (Å²) in [4.78, 5) is 4.26. The molecule has 3 heteroatoms. The Morgan fingerprint density at radius 1 is 0.905 bits per heavy atom. The molecule has 0 saturated heterocycles. The van der Waals surface area contributed by atoms with E-state index in [0.29, 0.717) is 6.61 Å². The SMILES string of the molecule is CCOc1cccc(C)c1.CCOc1cccc(CC)n1. The van der Waals surface area contributed by atoms with E-state index in [2.05, 4.69) is 24.9 Å². The fourth-order valence-electron chi connectivity index (χ4n) is 1.75. The average molecular weight is 287 g/mol. The van der Waals surface area contributed by atoms with E-state index in [1.807, 2.05) is 50.2 Å². The third kappa shape index (κ3) is 6.80. The molecule has 2 rings (SSSR count). The van der Waals surface area contributed by atoms with Crippen molar-refractivity contribution in [3.05, 3.63) is 53.7 Å². The fraction of sp³-hybridized carbons (Fsp3) is 0.389. The Bertz CT molecular complexity index is 526. The van der Waals surface area contributed by atoms with Crippen LogP contribution in [0.4, 0.5) is 0 Å². The zero-order chi connectivity index (χ0) is 15.5. The van der Waals surface area contributed by atoms with Crippen molar-refractivity contribution in [2.75, 3.05) is 13.2 Å². The van der Waals surface area contributed by atoms with Crippen LogP contribution >= 0.6 is 0 Å². The van der Waals surface area contributed by atoms with Gasteiger partial charge in [0.25, 0.3) is 0 Å². The smallest absolute Gasteiger partial charge is 0.213 e. The van der Waals surface area contributed by atoms with Crippen molar-refractivity contribution in [3.8, 4) is 11.6 Å². The van der Waals surface area contributed by atoms with E-state index in [0.717, 1.165) is 30.4 Å². The van der Waals surface area contributed by atoms with Gasteiger partial charge in [0, 0.05) is 11.8 Å². The molecule has 1 aromatic carbocycles. The quantitative estimate of drug-likeness (QED) is 0.815. The molecule has 114 valence electrons. The number of pyridine rings is 1. The van der Waals surface area contributed by atoms with Crippen molar-refractivity contribution >= 4 is 0 Å². The predicted octanol–water partition coefficient (Wildman–Crippen LogP) is 4.44. The third-order valence-electron chi connectivity index (χ3n) is 2.74. The maximum atomic E-state index is 5.29. The van der Waals surface area contributed by atoms with E-state index in [4.69, 9.17) is 9.47 Å². The van der Waals surface area contributed by atoms with Crippen LogP contribution in [-0.4, -0.2) is 18.2 Å². The topological polar surface area (TPSA) is 31.4 Å². The van der Waals surface area contributed by atoms with Crippen LogP contribution in [0.5, 0.6) is 11.6 Å². The van der Waals surface area contributed by atoms with Crippen molar-refractivity contribution in [1.82, 2.24) is 4.98 Å². The van der Waals surface area contributed by atoms with Gasteiger partial charge in [0.05, 0.1) is 13.2 Å². The summed E-state index contributed by atoms with van der Waals surface area (Å²) in [7, 11) is 0. The molecule has 0 spiro atoms. The van der Waals surface area contributed by atoms with Crippen molar-refractivity contribution in [2.24, 2.45) is 0 Å². The Morgan fingerprint density at radius 2 is 1.62 bits per heavy atom. The minimum atomic E-state index is 0.681. The van der Waals surface area contributed by atoms with Gasteiger partial charge < -0.3 is 9.47 Å². The minimum absolute atomic E-state index is 0.681. The lowest BCUT2D eigenvalue weighted by Crippen LogP contribution is -1.95. The van der Waals surface area contributed by atoms with E-state index < -0.39 is 0 Å². The molecule has 0 fully saturated rings. The highest BCUT2D eigenvalue weighted by Crippen LogP contribution is 2.11. The van der Waals surface area contributed by atoms with Gasteiger partial charge in [0.15, 0.2) is 0 Å². The van der Waals surface area contributed by atoms with E-state index in [9.17, 15) is 0 Å². The fourth-order valence-corrected chi connectivity index (χ4v) is 1.75. The maximum Gasteiger partial charge on any atom is 0.213 e. The zero-order valence-electron chi connectivity index (χ0n) is 13.4. The number of rotatable bonds is 5. The van der Waals surface area contributed by atoms with Crippen LogP contribution in [0.1, 0.15) is 32.0 Å². The lowest BCUT2D eigenvalue weighted by molar-refractivity contribution is 0.326. The van der Waals surface area contributed by atoms with Crippen LogP contribution in [-0.2, 0) is 6.42 Å². The number of aryl methyl sites for hydroxylation is 2. The Hall–Kier alpha value is -2.03. The van der Waals surface area contributed by atoms with Crippen molar-refractivity contribution < 1.29 is 9.47 Å². The molecule has 3 nitrogen and oxygen atoms in total. The second kappa shape index (κ2) is 9.81. The standard InChI is InChI=1S/C9H13NO.C9H12O/c1-3-8-6-5-7-9(10-8)11-4-2;1-3-10-9-6-4-5-8(2)7-9/h5-7H,3-4H2,1-2H3;4-7H,3H2,1-2H3. The summed E-state index contributed by atoms with van der Waals surface area (Å²) in [6, 6.07) is 13.9. The molecule has 0 amide bonds. The molecule has 2 aromatic rings. The first-order valence-corrected chi connectivity index (χ1v) is 7.47. The van der Waals surface area contributed by atoms with E-state index in [1.54, 1.807) is 0 Å². The lowest BCUT2D eigenvalue weighted by Gasteiger charge is -2.02. The number of nitrogens with zero attached hydrogens (tertiary/aromatic N) is 1. The van der Waals surface area contributed by atoms with Gasteiger partial charge in [-0.25, -0.2) is 4.98 Å². The highest BCUT2D eigenvalue weighted by Gasteiger charge is 1.93. The number of benzene rings is 1. The lowest BCUT2D eigenvalue weighted by atomic mass is 10.2. The van der Waals surface area contributed by atoms with Crippen molar-refractivity contribution in [1.29, 1.82) is 0 Å². The molecule has 21 heavy (non-hydrogen) atoms. The van der Waals surface area contributed by atoms with Crippen molar-refractivity contribution in [2.45, 2.75) is 34.1 Å². The summed E-state index contributed by atoms with van der Waals surface area (Å²) in [5.74, 6) is 1.69. The first kappa shape index (κ1) is 17.0. The number of hydrogen-bond donors (Lipinski definition) is 0. The van der Waals surface area contributed by atoms with E-state index in [1.165, 1.54) is 5.56 Å². The Kier molecular flexibility index (Phi) is 7.95. The summed E-state index contributed by atoms with van der Waals surface area (Å²) in [5, 5.41) is 0. The van der Waals surface area contributed by atoms with Gasteiger partial charge in [-0.05, 0) is 51.0 Å². The highest BCUT2D eigenvalue weighted by atomic mass is 16.5. The largest absolute Gasteiger partial charge is 0.494 e. The Balaban J connectivity index is 0.000000211. The summed E-state index contributed by atoms with van der Waals surface area (Å²) in [5.41, 5.74) is 2.32. The zero-order valence-corrected chi connectivity index (χ0v) is 13.4. The van der Waals surface area contributed by atoms with Gasteiger partial charge >= 0.3 is 0 Å². The average Bonchev–Trinajstić information content (AvgIpc) is 2.49. The van der Waals surface area contributed by atoms with Crippen LogP contribution in [0.3, 0.4) is 0 Å². The molecule has 1 aromatic heterocycles. The molecule has 0 bridgehead atoms.